The summed E-state index contributed by atoms with van der Waals surface area (Å²) in [7, 11) is 0. The summed E-state index contributed by atoms with van der Waals surface area (Å²) in [5.74, 6) is 0. The van der Waals surface area contributed by atoms with Gasteiger partial charge in [-0.2, -0.15) is 4.73 Å². The van der Waals surface area contributed by atoms with Crippen molar-refractivity contribution in [3.8, 4) is 11.1 Å². The summed E-state index contributed by atoms with van der Waals surface area (Å²) < 4.78 is 0.854. The molecule has 0 radical (unpaired) electrons. The topological polar surface area (TPSA) is 39.3 Å². The van der Waals surface area contributed by atoms with E-state index in [0.717, 1.165) is 45.3 Å². The fraction of sp³-hybridized carbons (Fsp3) is 0.0811. The second-order valence-corrected chi connectivity index (χ2v) is 10.2. The average Bonchev–Trinajstić information content (AvgIpc) is 2.99. The van der Waals surface area contributed by atoms with Crippen LogP contribution in [0.1, 0.15) is 33.5 Å². The maximum atomic E-state index is 12.5. The molecule has 0 aliphatic carbocycles. The number of fused-ring (bicyclic) bond motifs is 1. The second-order valence-electron chi connectivity index (χ2n) is 10.2. The lowest BCUT2D eigenvalue weighted by atomic mass is 9.88. The number of aliphatic imine (C=N–C) groups is 1. The van der Waals surface area contributed by atoms with Crippen LogP contribution in [0.15, 0.2) is 139 Å². The fourth-order valence-electron chi connectivity index (χ4n) is 5.30. The van der Waals surface area contributed by atoms with Gasteiger partial charge in [-0.1, -0.05) is 115 Å². The second kappa shape index (κ2) is 11.4. The van der Waals surface area contributed by atoms with E-state index in [-0.39, 0.29) is 0 Å². The minimum Gasteiger partial charge on any atom is -0.618 e. The van der Waals surface area contributed by atoms with Crippen LogP contribution in [0.25, 0.3) is 21.9 Å². The van der Waals surface area contributed by atoms with E-state index in [0.29, 0.717) is 5.69 Å². The van der Waals surface area contributed by atoms with E-state index < -0.39 is 0 Å². The third-order valence-electron chi connectivity index (χ3n) is 7.32. The highest BCUT2D eigenvalue weighted by Crippen LogP contribution is 2.41. The molecule has 1 heterocycles. The van der Waals surface area contributed by atoms with Crippen LogP contribution in [-0.4, -0.2) is 6.21 Å². The number of pyridine rings is 1. The number of benzene rings is 5. The standard InChI is InChI=1S/C37H30N2O/c1-27-18-20-30(21-19-27)34-16-10-17-35-31(23-28-11-4-2-5-12-28)25-32(24-29-13-6-3-7-14-29)37(36(34)35)38-26-33-15-8-9-22-39(33)40/h2-22,25-26H,23-24H2,1H3. The third kappa shape index (κ3) is 5.41. The Kier molecular flexibility index (Phi) is 7.19. The molecule has 5 aromatic carbocycles. The number of hydrogen-bond donors (Lipinski definition) is 0. The Morgan fingerprint density at radius 1 is 0.675 bits per heavy atom. The highest BCUT2D eigenvalue weighted by molar-refractivity contribution is 6.07. The molecule has 40 heavy (non-hydrogen) atoms. The Morgan fingerprint density at radius 3 is 2.00 bits per heavy atom. The molecule has 0 spiro atoms. The van der Waals surface area contributed by atoms with Crippen molar-refractivity contribution in [2.75, 3.05) is 0 Å². The van der Waals surface area contributed by atoms with Gasteiger partial charge in [-0.25, -0.2) is 4.99 Å². The van der Waals surface area contributed by atoms with E-state index in [9.17, 15) is 5.21 Å². The normalized spacial score (nSPS) is 11.3. The van der Waals surface area contributed by atoms with Crippen molar-refractivity contribution < 1.29 is 4.73 Å². The number of nitrogens with zero attached hydrogens (tertiary/aromatic N) is 2. The molecule has 0 saturated heterocycles. The van der Waals surface area contributed by atoms with Crippen LogP contribution >= 0.6 is 0 Å². The van der Waals surface area contributed by atoms with Gasteiger partial charge < -0.3 is 5.21 Å². The van der Waals surface area contributed by atoms with Crippen molar-refractivity contribution in [3.05, 3.63) is 172 Å². The van der Waals surface area contributed by atoms with Gasteiger partial charge >= 0.3 is 0 Å². The molecule has 0 fully saturated rings. The maximum absolute atomic E-state index is 12.5. The maximum Gasteiger partial charge on any atom is 0.234 e. The van der Waals surface area contributed by atoms with E-state index in [1.807, 2.05) is 12.1 Å². The molecule has 0 saturated carbocycles. The first kappa shape index (κ1) is 25.3. The molecular weight excluding hydrogens is 488 g/mol. The van der Waals surface area contributed by atoms with Gasteiger partial charge in [0.05, 0.1) is 5.69 Å². The molecule has 3 heteroatoms. The van der Waals surface area contributed by atoms with Gasteiger partial charge in [-0.05, 0) is 64.6 Å². The van der Waals surface area contributed by atoms with E-state index >= 15 is 0 Å². The van der Waals surface area contributed by atoms with Gasteiger partial charge in [0.15, 0.2) is 6.20 Å². The molecule has 6 rings (SSSR count). The molecule has 0 amide bonds. The summed E-state index contributed by atoms with van der Waals surface area (Å²) in [6.45, 7) is 2.11. The Bertz CT molecular complexity index is 1790. The summed E-state index contributed by atoms with van der Waals surface area (Å²) in [6.07, 6.45) is 4.75. The van der Waals surface area contributed by atoms with Gasteiger partial charge in [-0.3, -0.25) is 0 Å². The lowest BCUT2D eigenvalue weighted by Crippen LogP contribution is -2.30. The van der Waals surface area contributed by atoms with Crippen LogP contribution in [0.5, 0.6) is 0 Å². The van der Waals surface area contributed by atoms with Gasteiger partial charge in [0.2, 0.25) is 5.69 Å². The van der Waals surface area contributed by atoms with Crippen LogP contribution in [-0.2, 0) is 12.8 Å². The summed E-state index contributed by atoms with van der Waals surface area (Å²) in [5.41, 5.74) is 9.79. The molecule has 0 aliphatic heterocycles. The number of aromatic nitrogens is 1. The smallest absolute Gasteiger partial charge is 0.234 e. The summed E-state index contributed by atoms with van der Waals surface area (Å²) in [4.78, 5) is 5.07. The Labute approximate surface area is 235 Å². The van der Waals surface area contributed by atoms with E-state index in [4.69, 9.17) is 4.99 Å². The zero-order valence-corrected chi connectivity index (χ0v) is 22.5. The lowest BCUT2D eigenvalue weighted by molar-refractivity contribution is -0.606. The Hall–Kier alpha value is -5.02. The van der Waals surface area contributed by atoms with Crippen molar-refractivity contribution in [1.82, 2.24) is 0 Å². The van der Waals surface area contributed by atoms with Gasteiger partial charge in [0.1, 0.15) is 6.21 Å². The molecule has 0 aliphatic rings. The molecule has 0 N–H and O–H groups in total. The number of hydrogen-bond acceptors (Lipinski definition) is 2. The third-order valence-corrected chi connectivity index (χ3v) is 7.32. The predicted molar refractivity (Wildman–Crippen MR) is 165 cm³/mol. The van der Waals surface area contributed by atoms with Crippen LogP contribution in [0, 0.1) is 12.1 Å². The molecule has 6 aromatic rings. The molecule has 0 bridgehead atoms. The highest BCUT2D eigenvalue weighted by Gasteiger charge is 2.17. The van der Waals surface area contributed by atoms with Crippen LogP contribution < -0.4 is 4.73 Å². The van der Waals surface area contributed by atoms with Crippen LogP contribution in [0.2, 0.25) is 0 Å². The minimum absolute atomic E-state index is 0.502. The first-order valence-electron chi connectivity index (χ1n) is 13.6. The molecule has 1 aromatic heterocycles. The monoisotopic (exact) mass is 518 g/mol. The first-order valence-corrected chi connectivity index (χ1v) is 13.6. The summed E-state index contributed by atoms with van der Waals surface area (Å²) in [5, 5.41) is 14.8. The first-order chi connectivity index (χ1) is 19.7. The van der Waals surface area contributed by atoms with Gasteiger partial charge in [-0.15, -0.1) is 0 Å². The predicted octanol–water partition coefficient (Wildman–Crippen LogP) is 8.38. The van der Waals surface area contributed by atoms with Gasteiger partial charge in [0, 0.05) is 17.5 Å². The summed E-state index contributed by atoms with van der Waals surface area (Å²) >= 11 is 0. The summed E-state index contributed by atoms with van der Waals surface area (Å²) in [6, 6.07) is 44.0. The average molecular weight is 519 g/mol. The van der Waals surface area contributed by atoms with Crippen molar-refractivity contribution in [3.63, 3.8) is 0 Å². The van der Waals surface area contributed by atoms with E-state index in [2.05, 4.69) is 110 Å². The molecule has 0 atom stereocenters. The molecule has 194 valence electrons. The van der Waals surface area contributed by atoms with Crippen LogP contribution in [0.4, 0.5) is 5.69 Å². The molecular formula is C37H30N2O. The van der Waals surface area contributed by atoms with Gasteiger partial charge in [0.25, 0.3) is 0 Å². The zero-order chi connectivity index (χ0) is 27.3. The van der Waals surface area contributed by atoms with E-state index in [1.54, 1.807) is 18.3 Å². The SMILES string of the molecule is Cc1ccc(-c2cccc3c(Cc4ccccc4)cc(Cc4ccccc4)c(N=Cc4cccc[n+]4[O-])c23)cc1. The largest absolute Gasteiger partial charge is 0.618 e. The highest BCUT2D eigenvalue weighted by atomic mass is 16.5. The Morgan fingerprint density at radius 2 is 1.32 bits per heavy atom. The van der Waals surface area contributed by atoms with Crippen molar-refractivity contribution in [2.45, 2.75) is 19.8 Å². The molecule has 3 nitrogen and oxygen atoms in total. The minimum atomic E-state index is 0.502. The molecule has 0 unspecified atom stereocenters. The van der Waals surface area contributed by atoms with Crippen LogP contribution in [0.3, 0.4) is 0 Å². The fourth-order valence-corrected chi connectivity index (χ4v) is 5.30. The lowest BCUT2D eigenvalue weighted by Gasteiger charge is -2.18. The van der Waals surface area contributed by atoms with E-state index in [1.165, 1.54) is 33.8 Å². The van der Waals surface area contributed by atoms with Crippen molar-refractivity contribution in [2.24, 2.45) is 4.99 Å². The van der Waals surface area contributed by atoms with Crippen molar-refractivity contribution in [1.29, 1.82) is 0 Å². The Balaban J connectivity index is 1.64. The quantitative estimate of drug-likeness (QED) is 0.119. The number of aryl methyl sites for hydroxylation is 1. The zero-order valence-electron chi connectivity index (χ0n) is 22.5. The number of rotatable bonds is 7. The van der Waals surface area contributed by atoms with Crippen molar-refractivity contribution >= 4 is 22.7 Å².